The number of carbonyl (C=O) groups excluding carboxylic acids is 3. The van der Waals surface area contributed by atoms with Gasteiger partial charge in [-0.2, -0.15) is 5.11 Å². The number of azo groups is 1. The summed E-state index contributed by atoms with van der Waals surface area (Å²) in [5.74, 6) is -0.878. The Kier molecular flexibility index (Phi) is 4.88. The maximum Gasteiger partial charge on any atom is 0.427 e. The molecule has 0 radical (unpaired) electrons. The maximum atomic E-state index is 12.1. The Morgan fingerprint density at radius 2 is 1.93 bits per heavy atom. The zero-order valence-corrected chi connectivity index (χ0v) is 15.7. The molecule has 3 amide bonds. The molecule has 0 bridgehead atoms. The number of anilines is 1. The van der Waals surface area contributed by atoms with Crippen molar-refractivity contribution in [1.29, 1.82) is 0 Å². The van der Waals surface area contributed by atoms with Gasteiger partial charge < -0.3 is 10.2 Å². The number of nitrogens with one attached hydrogen (secondary N) is 3. The van der Waals surface area contributed by atoms with Crippen LogP contribution in [0.4, 0.5) is 10.5 Å². The number of halogens is 2. The second-order valence-electron chi connectivity index (χ2n) is 6.33. The van der Waals surface area contributed by atoms with Crippen molar-refractivity contribution >= 4 is 46.8 Å². The third-order valence-electron chi connectivity index (χ3n) is 4.25. The molecule has 3 N–H and O–H groups in total. The summed E-state index contributed by atoms with van der Waals surface area (Å²) in [4.78, 5) is 39.3. The van der Waals surface area contributed by atoms with Gasteiger partial charge in [-0.05, 0) is 36.6 Å². The molecule has 1 aliphatic carbocycles. The van der Waals surface area contributed by atoms with E-state index < -0.39 is 18.2 Å². The molecule has 9 nitrogen and oxygen atoms in total. The van der Waals surface area contributed by atoms with Gasteiger partial charge in [0.1, 0.15) is 0 Å². The van der Waals surface area contributed by atoms with Crippen molar-refractivity contribution in [3.63, 3.8) is 0 Å². The molecule has 1 atom stereocenters. The van der Waals surface area contributed by atoms with Crippen LogP contribution in [-0.2, 0) is 20.8 Å². The summed E-state index contributed by atoms with van der Waals surface area (Å²) < 4.78 is 0. The minimum atomic E-state index is -1.02. The number of hydrogen-bond acceptors (Lipinski definition) is 6. The Morgan fingerprint density at radius 1 is 1.21 bits per heavy atom. The number of carbonyl (C=O) groups is 3. The highest BCUT2D eigenvalue weighted by Gasteiger charge is 2.29. The van der Waals surface area contributed by atoms with Crippen molar-refractivity contribution in [2.75, 3.05) is 5.32 Å². The van der Waals surface area contributed by atoms with Gasteiger partial charge in [-0.15, -0.1) is 10.6 Å². The predicted octanol–water partition coefficient (Wildman–Crippen LogP) is 3.01. The van der Waals surface area contributed by atoms with Crippen molar-refractivity contribution < 1.29 is 19.2 Å². The van der Waals surface area contributed by atoms with Crippen molar-refractivity contribution in [3.8, 4) is 0 Å². The van der Waals surface area contributed by atoms with Gasteiger partial charge in [0.15, 0.2) is 6.17 Å². The number of allylic oxidation sites excluding steroid dienone is 2. The first kappa shape index (κ1) is 18.6. The maximum absolute atomic E-state index is 12.1. The SMILES string of the molecule is O=C1NC(C(=O)Nc2cc(Cl)c(CC3=CC(=C4CC4)C(=O)N=N3)c(Cl)c2)NO1. The highest BCUT2D eigenvalue weighted by molar-refractivity contribution is 6.36. The van der Waals surface area contributed by atoms with E-state index in [0.29, 0.717) is 32.6 Å². The number of hydroxylamine groups is 1. The summed E-state index contributed by atoms with van der Waals surface area (Å²) in [5.41, 5.74) is 5.43. The third kappa shape index (κ3) is 3.91. The van der Waals surface area contributed by atoms with Crippen LogP contribution in [0, 0.1) is 0 Å². The van der Waals surface area contributed by atoms with Crippen LogP contribution in [-0.4, -0.2) is 24.1 Å². The van der Waals surface area contributed by atoms with Crippen molar-refractivity contribution in [2.45, 2.75) is 25.4 Å². The molecule has 1 aromatic rings. The minimum absolute atomic E-state index is 0.285. The molecule has 1 aromatic carbocycles. The second kappa shape index (κ2) is 7.34. The average Bonchev–Trinajstić information content (AvgIpc) is 3.39. The van der Waals surface area contributed by atoms with Gasteiger partial charge in [-0.1, -0.05) is 28.8 Å². The molecule has 0 aromatic heterocycles. The summed E-state index contributed by atoms with van der Waals surface area (Å²) in [7, 11) is 0. The lowest BCUT2D eigenvalue weighted by Gasteiger charge is -2.14. The highest BCUT2D eigenvalue weighted by Crippen LogP contribution is 2.36. The van der Waals surface area contributed by atoms with Gasteiger partial charge in [0.2, 0.25) is 0 Å². The van der Waals surface area contributed by atoms with E-state index >= 15 is 0 Å². The molecule has 2 heterocycles. The van der Waals surface area contributed by atoms with E-state index in [9.17, 15) is 14.4 Å². The predicted molar refractivity (Wildman–Crippen MR) is 99.5 cm³/mol. The van der Waals surface area contributed by atoms with Crippen LogP contribution < -0.4 is 16.1 Å². The van der Waals surface area contributed by atoms with Crippen LogP contribution in [0.5, 0.6) is 0 Å². The minimum Gasteiger partial charge on any atom is -0.351 e. The zero-order chi connectivity index (χ0) is 19.8. The van der Waals surface area contributed by atoms with Gasteiger partial charge in [-0.3, -0.25) is 14.9 Å². The van der Waals surface area contributed by atoms with E-state index in [0.717, 1.165) is 18.4 Å². The highest BCUT2D eigenvalue weighted by atomic mass is 35.5. The first-order chi connectivity index (χ1) is 13.4. The molecule has 0 spiro atoms. The van der Waals surface area contributed by atoms with Gasteiger partial charge in [0, 0.05) is 27.7 Å². The van der Waals surface area contributed by atoms with Crippen molar-refractivity contribution in [1.82, 2.24) is 10.8 Å². The zero-order valence-electron chi connectivity index (χ0n) is 14.2. The summed E-state index contributed by atoms with van der Waals surface area (Å²) in [6.45, 7) is 0. The molecular weight excluding hydrogens is 409 g/mol. The number of hydrogen-bond donors (Lipinski definition) is 3. The third-order valence-corrected chi connectivity index (χ3v) is 4.93. The van der Waals surface area contributed by atoms with E-state index in [2.05, 4.69) is 31.2 Å². The Hall–Kier alpha value is -2.75. The van der Waals surface area contributed by atoms with E-state index in [1.54, 1.807) is 6.08 Å². The number of rotatable bonds is 4. The van der Waals surface area contributed by atoms with Crippen molar-refractivity contribution in [3.05, 3.63) is 50.7 Å². The molecule has 28 heavy (non-hydrogen) atoms. The van der Waals surface area contributed by atoms with Gasteiger partial charge in [0.05, 0.1) is 5.70 Å². The Balaban J connectivity index is 1.50. The lowest BCUT2D eigenvalue weighted by Crippen LogP contribution is -2.43. The lowest BCUT2D eigenvalue weighted by molar-refractivity contribution is -0.119. The fraction of sp³-hybridized carbons (Fsp3) is 0.235. The molecule has 11 heteroatoms. The lowest BCUT2D eigenvalue weighted by atomic mass is 10.1. The monoisotopic (exact) mass is 421 g/mol. The van der Waals surface area contributed by atoms with Crippen LogP contribution in [0.3, 0.4) is 0 Å². The van der Waals surface area contributed by atoms with Gasteiger partial charge in [0.25, 0.3) is 11.8 Å². The summed E-state index contributed by atoms with van der Waals surface area (Å²) >= 11 is 12.7. The molecule has 4 rings (SSSR count). The molecule has 3 aliphatic rings. The van der Waals surface area contributed by atoms with Gasteiger partial charge >= 0.3 is 6.09 Å². The normalized spacial score (nSPS) is 20.6. The summed E-state index contributed by atoms with van der Waals surface area (Å²) in [6, 6.07) is 3.06. The Bertz CT molecular complexity index is 972. The number of benzene rings is 1. The summed E-state index contributed by atoms with van der Waals surface area (Å²) in [5, 5.41) is 13.1. The fourth-order valence-corrected chi connectivity index (χ4v) is 3.36. The second-order valence-corrected chi connectivity index (χ2v) is 7.14. The smallest absolute Gasteiger partial charge is 0.351 e. The van der Waals surface area contributed by atoms with Crippen LogP contribution in [0.1, 0.15) is 18.4 Å². The fourth-order valence-electron chi connectivity index (χ4n) is 2.74. The quantitative estimate of drug-likeness (QED) is 0.645. The largest absolute Gasteiger partial charge is 0.427 e. The van der Waals surface area contributed by atoms with Crippen LogP contribution in [0.2, 0.25) is 10.0 Å². The molecule has 144 valence electrons. The van der Waals surface area contributed by atoms with E-state index in [1.165, 1.54) is 12.1 Å². The Labute approximate surface area is 168 Å². The topological polar surface area (TPSA) is 121 Å². The standard InChI is InChI=1S/C17H13Cl2N5O4/c18-12-5-8(20-16(26)14-21-17(27)28-24-14)6-13(19)11(12)4-9-3-10(7-1-2-7)15(25)23-22-9/h3,5-6,14,24H,1-2,4H2,(H,20,26)(H,21,27). The first-order valence-electron chi connectivity index (χ1n) is 8.31. The molecule has 1 saturated carbocycles. The molecular formula is C17H13Cl2N5O4. The number of nitrogens with zero attached hydrogens (tertiary/aromatic N) is 2. The van der Waals surface area contributed by atoms with Crippen LogP contribution in [0.15, 0.2) is 45.3 Å². The van der Waals surface area contributed by atoms with E-state index in [-0.39, 0.29) is 12.3 Å². The van der Waals surface area contributed by atoms with Crippen LogP contribution >= 0.6 is 23.2 Å². The molecule has 2 aliphatic heterocycles. The summed E-state index contributed by atoms with van der Waals surface area (Å²) in [6.07, 6.45) is 2.03. The molecule has 1 unspecified atom stereocenters. The first-order valence-corrected chi connectivity index (χ1v) is 9.06. The molecule has 1 saturated heterocycles. The van der Waals surface area contributed by atoms with Gasteiger partial charge in [-0.25, -0.2) is 4.79 Å². The Morgan fingerprint density at radius 3 is 2.54 bits per heavy atom. The van der Waals surface area contributed by atoms with E-state index in [1.807, 2.05) is 0 Å². The van der Waals surface area contributed by atoms with Crippen LogP contribution in [0.25, 0.3) is 0 Å². The number of amides is 3. The van der Waals surface area contributed by atoms with Crippen molar-refractivity contribution in [2.24, 2.45) is 10.2 Å². The molecule has 2 fully saturated rings. The average molecular weight is 422 g/mol. The van der Waals surface area contributed by atoms with E-state index in [4.69, 9.17) is 23.2 Å².